The maximum absolute atomic E-state index is 12.2. The van der Waals surface area contributed by atoms with Gasteiger partial charge < -0.3 is 4.42 Å². The number of nitrogens with zero attached hydrogens (tertiary/aromatic N) is 6. The van der Waals surface area contributed by atoms with Crippen LogP contribution < -0.4 is 5.32 Å². The second-order valence-electron chi connectivity index (χ2n) is 5.44. The Morgan fingerprint density at radius 2 is 2.09 bits per heavy atom. The Balaban J connectivity index is 1.76. The Labute approximate surface area is 132 Å². The molecule has 3 aromatic heterocycles. The standard InChI is InChI=1S/C14H17N7O2/c1-8(2)21-6-5-10(19-21)13-16-17-14(23-13)15-12(22)11-7-9(3)18-20(11)4/h5-8H,1-4H3,(H,15,17,22). The SMILES string of the molecule is Cc1cc(C(=O)Nc2nnc(-c3ccn(C(C)C)n3)o2)n(C)n1. The van der Waals surface area contributed by atoms with E-state index >= 15 is 0 Å². The van der Waals surface area contributed by atoms with Crippen LogP contribution in [-0.2, 0) is 7.05 Å². The minimum Gasteiger partial charge on any atom is -0.401 e. The molecule has 0 unspecified atom stereocenters. The summed E-state index contributed by atoms with van der Waals surface area (Å²) in [6.07, 6.45) is 1.83. The van der Waals surface area contributed by atoms with Gasteiger partial charge in [0.05, 0.1) is 5.69 Å². The average molecular weight is 315 g/mol. The number of nitrogens with one attached hydrogen (secondary N) is 1. The summed E-state index contributed by atoms with van der Waals surface area (Å²) in [5, 5.41) is 18.7. The second kappa shape index (κ2) is 5.67. The summed E-state index contributed by atoms with van der Waals surface area (Å²) in [7, 11) is 1.69. The van der Waals surface area contributed by atoms with E-state index in [0.29, 0.717) is 11.4 Å². The summed E-state index contributed by atoms with van der Waals surface area (Å²) >= 11 is 0. The molecule has 0 aliphatic carbocycles. The van der Waals surface area contributed by atoms with E-state index in [2.05, 4.69) is 25.7 Å². The number of carbonyl (C=O) groups excluding carboxylic acids is 1. The number of aryl methyl sites for hydroxylation is 2. The van der Waals surface area contributed by atoms with Crippen molar-refractivity contribution in [3.8, 4) is 11.6 Å². The fraction of sp³-hybridized carbons (Fsp3) is 0.357. The van der Waals surface area contributed by atoms with Crippen LogP contribution in [0.2, 0.25) is 0 Å². The van der Waals surface area contributed by atoms with Crippen LogP contribution in [-0.4, -0.2) is 35.7 Å². The highest BCUT2D eigenvalue weighted by Crippen LogP contribution is 2.19. The molecule has 0 aliphatic rings. The van der Waals surface area contributed by atoms with Gasteiger partial charge in [-0.1, -0.05) is 5.10 Å². The molecule has 0 atom stereocenters. The molecule has 3 rings (SSSR count). The highest BCUT2D eigenvalue weighted by atomic mass is 16.4. The lowest BCUT2D eigenvalue weighted by atomic mass is 10.3. The summed E-state index contributed by atoms with van der Waals surface area (Å²) in [6, 6.07) is 3.71. The molecule has 0 aliphatic heterocycles. The Morgan fingerprint density at radius 3 is 2.70 bits per heavy atom. The summed E-state index contributed by atoms with van der Waals surface area (Å²) < 4.78 is 8.72. The van der Waals surface area contributed by atoms with E-state index in [-0.39, 0.29) is 23.9 Å². The van der Waals surface area contributed by atoms with Crippen molar-refractivity contribution in [2.45, 2.75) is 26.8 Å². The third-order valence-corrected chi connectivity index (χ3v) is 3.24. The molecule has 3 aromatic rings. The third kappa shape index (κ3) is 2.98. The summed E-state index contributed by atoms with van der Waals surface area (Å²) in [5.74, 6) is -0.114. The van der Waals surface area contributed by atoms with Crippen LogP contribution >= 0.6 is 0 Å². The van der Waals surface area contributed by atoms with Crippen LogP contribution in [0.15, 0.2) is 22.7 Å². The monoisotopic (exact) mass is 315 g/mol. The van der Waals surface area contributed by atoms with Gasteiger partial charge in [0.15, 0.2) is 0 Å². The molecule has 0 radical (unpaired) electrons. The van der Waals surface area contributed by atoms with Gasteiger partial charge in [-0.15, -0.1) is 5.10 Å². The molecule has 1 N–H and O–H groups in total. The summed E-state index contributed by atoms with van der Waals surface area (Å²) in [4.78, 5) is 12.2. The maximum atomic E-state index is 12.2. The van der Waals surface area contributed by atoms with Crippen molar-refractivity contribution in [2.75, 3.05) is 5.32 Å². The van der Waals surface area contributed by atoms with E-state index in [4.69, 9.17) is 4.42 Å². The number of carbonyl (C=O) groups is 1. The van der Waals surface area contributed by atoms with Crippen molar-refractivity contribution in [3.05, 3.63) is 29.7 Å². The minimum atomic E-state index is -0.365. The number of hydrogen-bond donors (Lipinski definition) is 1. The van der Waals surface area contributed by atoms with Crippen LogP contribution in [0.3, 0.4) is 0 Å². The minimum absolute atomic E-state index is 0.0166. The quantitative estimate of drug-likeness (QED) is 0.787. The van der Waals surface area contributed by atoms with Gasteiger partial charge in [-0.3, -0.25) is 19.5 Å². The predicted molar refractivity (Wildman–Crippen MR) is 81.8 cm³/mol. The van der Waals surface area contributed by atoms with Crippen molar-refractivity contribution in [3.63, 3.8) is 0 Å². The molecule has 3 heterocycles. The van der Waals surface area contributed by atoms with Gasteiger partial charge in [-0.25, -0.2) is 0 Å². The first-order valence-electron chi connectivity index (χ1n) is 7.15. The van der Waals surface area contributed by atoms with Gasteiger partial charge in [-0.05, 0) is 32.9 Å². The van der Waals surface area contributed by atoms with Gasteiger partial charge in [0.25, 0.3) is 11.8 Å². The Bertz CT molecular complexity index is 843. The van der Waals surface area contributed by atoms with Crippen LogP contribution in [0.5, 0.6) is 0 Å². The number of aromatic nitrogens is 6. The Kier molecular flexibility index (Phi) is 3.68. The largest absolute Gasteiger partial charge is 0.401 e. The molecule has 23 heavy (non-hydrogen) atoms. The van der Waals surface area contributed by atoms with E-state index in [1.165, 1.54) is 4.68 Å². The Morgan fingerprint density at radius 1 is 1.30 bits per heavy atom. The Hall–Kier alpha value is -2.97. The lowest BCUT2D eigenvalue weighted by Crippen LogP contribution is -2.16. The molecule has 9 nitrogen and oxygen atoms in total. The molecule has 0 fully saturated rings. The fourth-order valence-electron chi connectivity index (χ4n) is 2.10. The smallest absolute Gasteiger partial charge is 0.322 e. The van der Waals surface area contributed by atoms with E-state index in [1.807, 2.05) is 27.0 Å². The van der Waals surface area contributed by atoms with Crippen LogP contribution in [0.25, 0.3) is 11.6 Å². The topological polar surface area (TPSA) is 104 Å². The number of rotatable bonds is 4. The zero-order valence-corrected chi connectivity index (χ0v) is 13.3. The van der Waals surface area contributed by atoms with E-state index in [0.717, 1.165) is 5.69 Å². The number of hydrogen-bond acceptors (Lipinski definition) is 6. The van der Waals surface area contributed by atoms with Crippen molar-refractivity contribution >= 4 is 11.9 Å². The van der Waals surface area contributed by atoms with Gasteiger partial charge >= 0.3 is 6.01 Å². The van der Waals surface area contributed by atoms with Gasteiger partial charge in [0.2, 0.25) is 0 Å². The highest BCUT2D eigenvalue weighted by Gasteiger charge is 2.17. The molecule has 1 amide bonds. The van der Waals surface area contributed by atoms with E-state index in [9.17, 15) is 4.79 Å². The zero-order valence-electron chi connectivity index (χ0n) is 13.3. The van der Waals surface area contributed by atoms with Crippen molar-refractivity contribution < 1.29 is 9.21 Å². The molecule has 0 bridgehead atoms. The van der Waals surface area contributed by atoms with Crippen LogP contribution in [0, 0.1) is 6.92 Å². The number of anilines is 1. The van der Waals surface area contributed by atoms with Crippen molar-refractivity contribution in [1.29, 1.82) is 0 Å². The molecule has 0 aromatic carbocycles. The molecular formula is C14H17N7O2. The first-order valence-corrected chi connectivity index (χ1v) is 7.15. The van der Waals surface area contributed by atoms with Crippen molar-refractivity contribution in [2.24, 2.45) is 7.05 Å². The summed E-state index contributed by atoms with van der Waals surface area (Å²) in [5.41, 5.74) is 1.72. The maximum Gasteiger partial charge on any atom is 0.322 e. The van der Waals surface area contributed by atoms with Crippen LogP contribution in [0.1, 0.15) is 36.1 Å². The van der Waals surface area contributed by atoms with Crippen molar-refractivity contribution in [1.82, 2.24) is 29.8 Å². The molecule has 0 saturated heterocycles. The predicted octanol–water partition coefficient (Wildman–Crippen LogP) is 1.81. The lowest BCUT2D eigenvalue weighted by molar-refractivity contribution is 0.101. The molecule has 0 saturated carbocycles. The summed E-state index contributed by atoms with van der Waals surface area (Å²) in [6.45, 7) is 5.85. The lowest BCUT2D eigenvalue weighted by Gasteiger charge is -2.02. The van der Waals surface area contributed by atoms with Gasteiger partial charge in [0, 0.05) is 19.3 Å². The highest BCUT2D eigenvalue weighted by molar-refractivity contribution is 6.01. The van der Waals surface area contributed by atoms with E-state index < -0.39 is 0 Å². The first-order chi connectivity index (χ1) is 10.9. The third-order valence-electron chi connectivity index (χ3n) is 3.24. The molecule has 0 spiro atoms. The van der Waals surface area contributed by atoms with Gasteiger partial charge in [0.1, 0.15) is 11.4 Å². The second-order valence-corrected chi connectivity index (χ2v) is 5.44. The number of amides is 1. The van der Waals surface area contributed by atoms with Crippen LogP contribution in [0.4, 0.5) is 6.01 Å². The first kappa shape index (κ1) is 14.9. The van der Waals surface area contributed by atoms with E-state index in [1.54, 1.807) is 23.9 Å². The molecule has 120 valence electrons. The average Bonchev–Trinajstić information content (AvgIpc) is 3.17. The normalized spacial score (nSPS) is 11.2. The molecule has 9 heteroatoms. The fourth-order valence-corrected chi connectivity index (χ4v) is 2.10. The zero-order chi connectivity index (χ0) is 16.6. The van der Waals surface area contributed by atoms with Gasteiger partial charge in [-0.2, -0.15) is 10.2 Å². The molecular weight excluding hydrogens is 298 g/mol.